The summed E-state index contributed by atoms with van der Waals surface area (Å²) >= 11 is 0. The molecule has 2 heterocycles. The minimum Gasteiger partial charge on any atom is -0.494 e. The molecular weight excluding hydrogens is 480 g/mol. The smallest absolute Gasteiger partial charge is 0.333 e. The molecule has 0 fully saturated rings. The number of aryl methyl sites for hydroxylation is 1. The van der Waals surface area contributed by atoms with Gasteiger partial charge in [-0.05, 0) is 46.9 Å². The van der Waals surface area contributed by atoms with E-state index < -0.39 is 0 Å². The van der Waals surface area contributed by atoms with Crippen molar-refractivity contribution in [3.8, 4) is 39.7 Å². The third-order valence-corrected chi connectivity index (χ3v) is 6.61. The molecule has 0 saturated carbocycles. The predicted octanol–water partition coefficient (Wildman–Crippen LogP) is 4.89. The van der Waals surface area contributed by atoms with Crippen LogP contribution in [0.2, 0.25) is 0 Å². The van der Waals surface area contributed by atoms with E-state index in [0.717, 1.165) is 47.2 Å². The highest BCUT2D eigenvalue weighted by Crippen LogP contribution is 2.32. The second-order valence-corrected chi connectivity index (χ2v) is 8.95. The van der Waals surface area contributed by atoms with E-state index in [1.807, 2.05) is 53.2 Å². The first-order chi connectivity index (χ1) is 18.6. The summed E-state index contributed by atoms with van der Waals surface area (Å²) in [6.45, 7) is 2.60. The molecule has 5 rings (SSSR count). The molecule has 0 aliphatic rings. The minimum atomic E-state index is -0.134. The van der Waals surface area contributed by atoms with Gasteiger partial charge in [-0.15, -0.1) is 10.2 Å². The Morgan fingerprint density at radius 2 is 1.61 bits per heavy atom. The van der Waals surface area contributed by atoms with E-state index in [4.69, 9.17) is 9.47 Å². The average molecular weight is 511 g/mol. The molecule has 0 amide bonds. The number of unbranched alkanes of at least 4 members (excludes halogenated alkanes) is 1. The van der Waals surface area contributed by atoms with Crippen molar-refractivity contribution in [2.75, 3.05) is 14.2 Å². The van der Waals surface area contributed by atoms with Crippen molar-refractivity contribution < 1.29 is 9.47 Å². The molecule has 2 aromatic heterocycles. The van der Waals surface area contributed by atoms with E-state index >= 15 is 0 Å². The zero-order chi connectivity index (χ0) is 26.5. The Morgan fingerprint density at radius 3 is 2.24 bits per heavy atom. The third kappa shape index (κ3) is 4.82. The summed E-state index contributed by atoms with van der Waals surface area (Å²) in [5, 5.41) is 14.5. The summed E-state index contributed by atoms with van der Waals surface area (Å²) < 4.78 is 14.6. The molecule has 0 unspecified atom stereocenters. The number of nitrogens with one attached hydrogen (secondary N) is 1. The van der Waals surface area contributed by atoms with Gasteiger partial charge in [0.05, 0.1) is 20.8 Å². The molecule has 0 aliphatic heterocycles. The summed E-state index contributed by atoms with van der Waals surface area (Å²) in [6.07, 6.45) is 4.73. The van der Waals surface area contributed by atoms with Gasteiger partial charge in [0.2, 0.25) is 5.82 Å². The van der Waals surface area contributed by atoms with Crippen LogP contribution in [0.15, 0.2) is 77.7 Å². The van der Waals surface area contributed by atoms with Crippen LogP contribution in [0.4, 0.5) is 0 Å². The minimum absolute atomic E-state index is 0.134. The Hall–Kier alpha value is -4.66. The van der Waals surface area contributed by atoms with Gasteiger partial charge in [-0.25, -0.2) is 4.79 Å². The third-order valence-electron chi connectivity index (χ3n) is 6.61. The van der Waals surface area contributed by atoms with Gasteiger partial charge in [0.1, 0.15) is 17.2 Å². The first kappa shape index (κ1) is 25.0. The lowest BCUT2D eigenvalue weighted by Crippen LogP contribution is -2.25. The quantitative estimate of drug-likeness (QED) is 0.287. The Morgan fingerprint density at radius 1 is 0.895 bits per heavy atom. The van der Waals surface area contributed by atoms with Crippen molar-refractivity contribution in [2.24, 2.45) is 0 Å². The van der Waals surface area contributed by atoms with Gasteiger partial charge in [0, 0.05) is 17.5 Å². The number of tetrazole rings is 1. The van der Waals surface area contributed by atoms with Gasteiger partial charge in [-0.2, -0.15) is 5.21 Å². The van der Waals surface area contributed by atoms with Crippen LogP contribution in [0, 0.1) is 0 Å². The number of imidazole rings is 1. The van der Waals surface area contributed by atoms with E-state index in [-0.39, 0.29) is 5.69 Å². The maximum absolute atomic E-state index is 13.8. The van der Waals surface area contributed by atoms with Gasteiger partial charge in [-0.1, -0.05) is 67.9 Å². The van der Waals surface area contributed by atoms with Crippen molar-refractivity contribution in [2.45, 2.75) is 32.7 Å². The van der Waals surface area contributed by atoms with Gasteiger partial charge in [-0.3, -0.25) is 9.13 Å². The van der Waals surface area contributed by atoms with Crippen LogP contribution >= 0.6 is 0 Å². The fraction of sp³-hybridized carbons (Fsp3) is 0.241. The molecule has 0 bridgehead atoms. The van der Waals surface area contributed by atoms with Crippen LogP contribution in [0.3, 0.4) is 0 Å². The number of rotatable bonds is 10. The molecule has 0 aliphatic carbocycles. The number of nitrogens with zero attached hydrogens (tertiary/aromatic N) is 5. The fourth-order valence-electron chi connectivity index (χ4n) is 4.66. The second kappa shape index (κ2) is 11.2. The SMILES string of the molecule is CCCCc1cn(-c2c(OC)cccc2OC)c(=O)n1Cc1ccc(-c2ccccc2-c2nn[nH]n2)cc1. The molecule has 9 nitrogen and oxygen atoms in total. The van der Waals surface area contributed by atoms with E-state index in [9.17, 15) is 4.79 Å². The Balaban J connectivity index is 1.51. The fourth-order valence-corrected chi connectivity index (χ4v) is 4.66. The van der Waals surface area contributed by atoms with Crippen molar-refractivity contribution in [3.05, 3.63) is 94.7 Å². The Labute approximate surface area is 220 Å². The number of aromatic nitrogens is 6. The lowest BCUT2D eigenvalue weighted by Gasteiger charge is -2.13. The number of benzene rings is 3. The summed E-state index contributed by atoms with van der Waals surface area (Å²) in [4.78, 5) is 13.8. The lowest BCUT2D eigenvalue weighted by molar-refractivity contribution is 0.390. The number of hydrogen-bond acceptors (Lipinski definition) is 6. The highest BCUT2D eigenvalue weighted by atomic mass is 16.5. The molecule has 194 valence electrons. The molecule has 5 aromatic rings. The summed E-state index contributed by atoms with van der Waals surface area (Å²) in [5.41, 5.74) is 5.40. The summed E-state index contributed by atoms with van der Waals surface area (Å²) in [6, 6.07) is 21.7. The maximum Gasteiger partial charge on any atom is 0.333 e. The van der Waals surface area contributed by atoms with Crippen LogP contribution in [-0.2, 0) is 13.0 Å². The predicted molar refractivity (Wildman–Crippen MR) is 146 cm³/mol. The number of H-pyrrole nitrogens is 1. The molecule has 0 spiro atoms. The lowest BCUT2D eigenvalue weighted by atomic mass is 9.98. The topological polar surface area (TPSA) is 99.9 Å². The van der Waals surface area contributed by atoms with E-state index in [1.54, 1.807) is 18.8 Å². The Bertz CT molecular complexity index is 1550. The largest absolute Gasteiger partial charge is 0.494 e. The van der Waals surface area contributed by atoms with E-state index in [1.165, 1.54) is 0 Å². The van der Waals surface area contributed by atoms with Crippen LogP contribution in [-0.4, -0.2) is 44.0 Å². The van der Waals surface area contributed by atoms with E-state index in [2.05, 4.69) is 51.8 Å². The summed E-state index contributed by atoms with van der Waals surface area (Å²) in [5.74, 6) is 1.70. The molecule has 0 saturated heterocycles. The van der Waals surface area contributed by atoms with Crippen molar-refractivity contribution in [3.63, 3.8) is 0 Å². The van der Waals surface area contributed by atoms with Gasteiger partial charge in [0.15, 0.2) is 0 Å². The molecule has 3 aromatic carbocycles. The maximum atomic E-state index is 13.8. The number of hydrogen-bond donors (Lipinski definition) is 1. The standard InChI is InChI=1S/C29H30N6O3/c1-4-5-9-22-19-35(27-25(37-2)12-8-13-26(27)38-3)29(36)34(22)18-20-14-16-21(17-15-20)23-10-6-7-11-24(23)28-30-32-33-31-28/h6-8,10-17,19H,4-5,9,18H2,1-3H3,(H,30,31,32,33). The molecule has 38 heavy (non-hydrogen) atoms. The molecular formula is C29H30N6O3. The normalized spacial score (nSPS) is 11.0. The number of methoxy groups -OCH3 is 2. The molecule has 0 atom stereocenters. The van der Waals surface area contributed by atoms with Gasteiger partial charge < -0.3 is 9.47 Å². The Kier molecular flexibility index (Phi) is 7.35. The average Bonchev–Trinajstić information content (AvgIpc) is 3.61. The molecule has 1 N–H and O–H groups in total. The number of aromatic amines is 1. The summed E-state index contributed by atoms with van der Waals surface area (Å²) in [7, 11) is 3.19. The highest BCUT2D eigenvalue weighted by Gasteiger charge is 2.19. The zero-order valence-corrected chi connectivity index (χ0v) is 21.7. The van der Waals surface area contributed by atoms with Gasteiger partial charge in [0.25, 0.3) is 0 Å². The zero-order valence-electron chi connectivity index (χ0n) is 21.7. The molecule has 9 heteroatoms. The van der Waals surface area contributed by atoms with Crippen molar-refractivity contribution in [1.29, 1.82) is 0 Å². The van der Waals surface area contributed by atoms with Gasteiger partial charge >= 0.3 is 5.69 Å². The first-order valence-electron chi connectivity index (χ1n) is 12.6. The highest BCUT2D eigenvalue weighted by molar-refractivity contribution is 5.80. The van der Waals surface area contributed by atoms with Crippen LogP contribution < -0.4 is 15.2 Å². The number of ether oxygens (including phenoxy) is 2. The van der Waals surface area contributed by atoms with Crippen molar-refractivity contribution >= 4 is 0 Å². The number of para-hydroxylation sites is 1. The second-order valence-electron chi connectivity index (χ2n) is 8.95. The molecule has 0 radical (unpaired) electrons. The van der Waals surface area contributed by atoms with Crippen LogP contribution in [0.1, 0.15) is 31.0 Å². The van der Waals surface area contributed by atoms with Crippen LogP contribution in [0.5, 0.6) is 11.5 Å². The van der Waals surface area contributed by atoms with E-state index in [0.29, 0.717) is 29.6 Å². The monoisotopic (exact) mass is 510 g/mol. The van der Waals surface area contributed by atoms with Crippen molar-refractivity contribution in [1.82, 2.24) is 29.8 Å². The first-order valence-corrected chi connectivity index (χ1v) is 12.6. The van der Waals surface area contributed by atoms with Crippen LogP contribution in [0.25, 0.3) is 28.2 Å².